The van der Waals surface area contributed by atoms with Crippen LogP contribution in [0.3, 0.4) is 0 Å². The van der Waals surface area contributed by atoms with Gasteiger partial charge in [-0.15, -0.1) is 0 Å². The molecule has 0 aliphatic heterocycles. The van der Waals surface area contributed by atoms with Crippen LogP contribution in [0, 0.1) is 5.92 Å². The molecule has 0 aromatic carbocycles. The Kier molecular flexibility index (Phi) is 6.38. The van der Waals surface area contributed by atoms with Crippen LogP contribution >= 0.6 is 0 Å². The van der Waals surface area contributed by atoms with Crippen molar-refractivity contribution in [3.8, 4) is 0 Å². The summed E-state index contributed by atoms with van der Waals surface area (Å²) in [5.41, 5.74) is 7.18. The molecule has 0 aromatic rings. The lowest BCUT2D eigenvalue weighted by Gasteiger charge is -2.32. The zero-order valence-corrected chi connectivity index (χ0v) is 10.8. The first-order valence-electron chi connectivity index (χ1n) is 6.01. The van der Waals surface area contributed by atoms with Crippen molar-refractivity contribution in [1.29, 1.82) is 0 Å². The third kappa shape index (κ3) is 4.43. The zero-order valence-electron chi connectivity index (χ0n) is 10.8. The van der Waals surface area contributed by atoms with E-state index in [-0.39, 0.29) is 5.54 Å². The molecule has 86 valence electrons. The lowest BCUT2D eigenvalue weighted by Crippen LogP contribution is -2.54. The van der Waals surface area contributed by atoms with E-state index in [1.165, 1.54) is 6.42 Å². The topological polar surface area (TPSA) is 24.1 Å². The Morgan fingerprint density at radius 3 is 1.86 bits per heavy atom. The second kappa shape index (κ2) is 6.41. The van der Waals surface area contributed by atoms with Crippen LogP contribution < -0.4 is 10.9 Å². The molecule has 2 heteroatoms. The molecule has 0 fully saturated rings. The molecule has 2 nitrogen and oxygen atoms in total. The van der Waals surface area contributed by atoms with Gasteiger partial charge in [0.15, 0.2) is 0 Å². The number of nitrogens with one attached hydrogen (secondary N) is 2. The van der Waals surface area contributed by atoms with Crippen molar-refractivity contribution in [3.63, 3.8) is 0 Å². The van der Waals surface area contributed by atoms with E-state index in [1.807, 2.05) is 0 Å². The maximum Gasteiger partial charge on any atom is 0.0290 e. The van der Waals surface area contributed by atoms with Crippen molar-refractivity contribution in [3.05, 3.63) is 0 Å². The maximum absolute atomic E-state index is 3.48. The monoisotopic (exact) mass is 200 g/mol. The fraction of sp³-hybridized carbons (Fsp3) is 1.00. The third-order valence-electron chi connectivity index (χ3n) is 3.36. The van der Waals surface area contributed by atoms with Gasteiger partial charge in [0.25, 0.3) is 0 Å². The van der Waals surface area contributed by atoms with E-state index < -0.39 is 0 Å². The van der Waals surface area contributed by atoms with Crippen molar-refractivity contribution in [2.75, 3.05) is 0 Å². The van der Waals surface area contributed by atoms with E-state index in [0.29, 0.717) is 12.0 Å². The van der Waals surface area contributed by atoms with E-state index in [1.54, 1.807) is 0 Å². The number of hydrogen-bond donors (Lipinski definition) is 2. The number of hydrazine groups is 1. The summed E-state index contributed by atoms with van der Waals surface area (Å²) in [5.74, 6) is 0.686. The molecule has 0 rings (SSSR count). The smallest absolute Gasteiger partial charge is 0.0290 e. The number of rotatable bonds is 7. The molecule has 0 saturated carbocycles. The molecule has 0 spiro atoms. The minimum atomic E-state index is 0.238. The van der Waals surface area contributed by atoms with E-state index >= 15 is 0 Å². The summed E-state index contributed by atoms with van der Waals surface area (Å²) in [7, 11) is 0. The van der Waals surface area contributed by atoms with E-state index in [0.717, 1.165) is 12.8 Å². The van der Waals surface area contributed by atoms with Crippen LogP contribution in [0.5, 0.6) is 0 Å². The van der Waals surface area contributed by atoms with Gasteiger partial charge < -0.3 is 0 Å². The van der Waals surface area contributed by atoms with E-state index in [9.17, 15) is 0 Å². The fourth-order valence-electron chi connectivity index (χ4n) is 1.43. The Hall–Kier alpha value is -0.0800. The van der Waals surface area contributed by atoms with Crippen molar-refractivity contribution in [2.45, 2.75) is 72.4 Å². The van der Waals surface area contributed by atoms with Gasteiger partial charge in [-0.3, -0.25) is 10.9 Å². The second-order valence-corrected chi connectivity index (χ2v) is 4.80. The van der Waals surface area contributed by atoms with Gasteiger partial charge in [0.2, 0.25) is 0 Å². The average Bonchev–Trinajstić information content (AvgIpc) is 2.18. The van der Waals surface area contributed by atoms with Gasteiger partial charge >= 0.3 is 0 Å². The molecule has 0 aliphatic carbocycles. The van der Waals surface area contributed by atoms with Crippen LogP contribution in [0.15, 0.2) is 0 Å². The lowest BCUT2D eigenvalue weighted by atomic mass is 9.96. The zero-order chi connectivity index (χ0) is 11.2. The van der Waals surface area contributed by atoms with Gasteiger partial charge in [0.1, 0.15) is 0 Å². The normalized spacial score (nSPS) is 14.8. The summed E-state index contributed by atoms with van der Waals surface area (Å²) in [6.07, 6.45) is 3.49. The first-order valence-corrected chi connectivity index (χ1v) is 6.01. The third-order valence-corrected chi connectivity index (χ3v) is 3.36. The standard InChI is InChI=1S/C12H28N2/c1-7-11(10(4)5)13-14-12(6,8-2)9-3/h10-11,13-14H,7-9H2,1-6H3. The molecule has 1 atom stereocenters. The van der Waals surface area contributed by atoms with Crippen LogP contribution in [0.1, 0.15) is 60.8 Å². The highest BCUT2D eigenvalue weighted by Crippen LogP contribution is 2.13. The largest absolute Gasteiger partial charge is 0.254 e. The predicted octanol–water partition coefficient (Wildman–Crippen LogP) is 3.09. The molecule has 0 saturated heterocycles. The quantitative estimate of drug-likeness (QED) is 0.617. The molecular formula is C12H28N2. The Labute approximate surface area is 89.8 Å². The van der Waals surface area contributed by atoms with Crippen molar-refractivity contribution >= 4 is 0 Å². The molecule has 0 amide bonds. The minimum absolute atomic E-state index is 0.238. The van der Waals surface area contributed by atoms with Crippen molar-refractivity contribution in [2.24, 2.45) is 5.92 Å². The summed E-state index contributed by atoms with van der Waals surface area (Å²) in [6.45, 7) is 13.5. The van der Waals surface area contributed by atoms with Gasteiger partial charge in [-0.25, -0.2) is 0 Å². The molecule has 0 radical (unpaired) electrons. The van der Waals surface area contributed by atoms with Crippen LogP contribution in [0.4, 0.5) is 0 Å². The summed E-state index contributed by atoms with van der Waals surface area (Å²) in [5, 5.41) is 0. The molecule has 14 heavy (non-hydrogen) atoms. The molecule has 0 aliphatic rings. The van der Waals surface area contributed by atoms with Gasteiger partial charge in [-0.2, -0.15) is 0 Å². The van der Waals surface area contributed by atoms with E-state index in [2.05, 4.69) is 52.4 Å². The van der Waals surface area contributed by atoms with Crippen molar-refractivity contribution < 1.29 is 0 Å². The van der Waals surface area contributed by atoms with Crippen LogP contribution in [-0.4, -0.2) is 11.6 Å². The summed E-state index contributed by atoms with van der Waals surface area (Å²) >= 11 is 0. The van der Waals surface area contributed by atoms with Crippen LogP contribution in [0.2, 0.25) is 0 Å². The Morgan fingerprint density at radius 1 is 1.07 bits per heavy atom. The van der Waals surface area contributed by atoms with Gasteiger partial charge in [-0.05, 0) is 32.1 Å². The molecule has 0 heterocycles. The Balaban J connectivity index is 4.00. The molecule has 0 bridgehead atoms. The van der Waals surface area contributed by atoms with E-state index in [4.69, 9.17) is 0 Å². The highest BCUT2D eigenvalue weighted by molar-refractivity contribution is 4.79. The summed E-state index contributed by atoms with van der Waals surface area (Å²) in [4.78, 5) is 0. The van der Waals surface area contributed by atoms with Crippen molar-refractivity contribution in [1.82, 2.24) is 10.9 Å². The van der Waals surface area contributed by atoms with Gasteiger partial charge in [-0.1, -0.05) is 34.6 Å². The Morgan fingerprint density at radius 2 is 1.57 bits per heavy atom. The van der Waals surface area contributed by atoms with Gasteiger partial charge in [0, 0.05) is 11.6 Å². The first-order chi connectivity index (χ1) is 6.49. The highest BCUT2D eigenvalue weighted by atomic mass is 15.4. The second-order valence-electron chi connectivity index (χ2n) is 4.80. The Bertz CT molecular complexity index is 139. The maximum atomic E-state index is 3.48. The van der Waals surface area contributed by atoms with Gasteiger partial charge in [0.05, 0.1) is 0 Å². The molecular weight excluding hydrogens is 172 g/mol. The van der Waals surface area contributed by atoms with Crippen LogP contribution in [-0.2, 0) is 0 Å². The lowest BCUT2D eigenvalue weighted by molar-refractivity contribution is 0.233. The molecule has 0 aromatic heterocycles. The first kappa shape index (κ1) is 13.9. The molecule has 1 unspecified atom stereocenters. The average molecular weight is 200 g/mol. The van der Waals surface area contributed by atoms with Crippen LogP contribution in [0.25, 0.3) is 0 Å². The minimum Gasteiger partial charge on any atom is -0.254 e. The molecule has 2 N–H and O–H groups in total. The highest BCUT2D eigenvalue weighted by Gasteiger charge is 2.20. The SMILES string of the molecule is CCC(NNC(C)(CC)CC)C(C)C. The number of hydrogen-bond acceptors (Lipinski definition) is 2. The summed E-state index contributed by atoms with van der Waals surface area (Å²) in [6, 6.07) is 0.576. The fourth-order valence-corrected chi connectivity index (χ4v) is 1.43. The predicted molar refractivity (Wildman–Crippen MR) is 64.2 cm³/mol. The summed E-state index contributed by atoms with van der Waals surface area (Å²) < 4.78 is 0.